The van der Waals surface area contributed by atoms with Crippen LogP contribution >= 0.6 is 15.9 Å². The first-order valence-corrected chi connectivity index (χ1v) is 9.54. The molecular weight excluding hydrogens is 399 g/mol. The lowest BCUT2D eigenvalue weighted by molar-refractivity contribution is -0.123. The van der Waals surface area contributed by atoms with Gasteiger partial charge in [-0.1, -0.05) is 48.0 Å². The quantitative estimate of drug-likeness (QED) is 0.695. The van der Waals surface area contributed by atoms with Gasteiger partial charge in [-0.25, -0.2) is 4.39 Å². The Balaban J connectivity index is 0.000000948. The van der Waals surface area contributed by atoms with Gasteiger partial charge in [0, 0.05) is 29.2 Å². The molecule has 0 aliphatic carbocycles. The molecule has 1 unspecified atom stereocenters. The zero-order valence-electron chi connectivity index (χ0n) is 15.1. The Kier molecular flexibility index (Phi) is 5.46. The largest absolute Gasteiger partial charge is 0.350 e. The number of nitrogens with zero attached hydrogens (tertiary/aromatic N) is 2. The fourth-order valence-electron chi connectivity index (χ4n) is 3.60. The Labute approximate surface area is 161 Å². The van der Waals surface area contributed by atoms with Gasteiger partial charge in [0.15, 0.2) is 5.72 Å². The van der Waals surface area contributed by atoms with E-state index in [4.69, 9.17) is 4.74 Å². The Bertz CT molecular complexity index is 829. The summed E-state index contributed by atoms with van der Waals surface area (Å²) in [5.74, 6) is -0.380. The van der Waals surface area contributed by atoms with Gasteiger partial charge in [0.1, 0.15) is 5.82 Å². The van der Waals surface area contributed by atoms with Gasteiger partial charge in [0.25, 0.3) is 0 Å². The second kappa shape index (κ2) is 7.47. The molecule has 26 heavy (non-hydrogen) atoms. The standard InChI is InChI=1S/C18H16BrFN2O2.C2H6/c1-21-16-7-6-12(19)10-14(16)18(13-4-2-3-5-15(13)20)22(8-9-24-18)11-17(21)23;1-2/h2-7,10H,8-9,11H2,1H3;1-2H3. The Morgan fingerprint density at radius 1 is 1.15 bits per heavy atom. The molecular formula is C20H22BrFN2O2. The molecule has 1 fully saturated rings. The van der Waals surface area contributed by atoms with Gasteiger partial charge in [-0.2, -0.15) is 0 Å². The fourth-order valence-corrected chi connectivity index (χ4v) is 3.96. The van der Waals surface area contributed by atoms with Crippen molar-refractivity contribution < 1.29 is 13.9 Å². The average Bonchev–Trinajstić information content (AvgIpc) is 3.04. The molecule has 0 radical (unpaired) electrons. The highest BCUT2D eigenvalue weighted by Gasteiger charge is 2.51. The second-order valence-corrected chi connectivity index (χ2v) is 6.92. The molecule has 0 bridgehead atoms. The summed E-state index contributed by atoms with van der Waals surface area (Å²) in [6, 6.07) is 12.3. The third-order valence-corrected chi connectivity index (χ3v) is 5.23. The van der Waals surface area contributed by atoms with Crippen molar-refractivity contribution in [2.45, 2.75) is 19.6 Å². The molecule has 1 atom stereocenters. The second-order valence-electron chi connectivity index (χ2n) is 6.01. The van der Waals surface area contributed by atoms with Crippen molar-refractivity contribution in [2.24, 2.45) is 0 Å². The lowest BCUT2D eigenvalue weighted by Crippen LogP contribution is -2.45. The summed E-state index contributed by atoms with van der Waals surface area (Å²) < 4.78 is 21.7. The number of amides is 1. The Morgan fingerprint density at radius 2 is 1.88 bits per heavy atom. The van der Waals surface area contributed by atoms with Crippen molar-refractivity contribution in [1.29, 1.82) is 0 Å². The van der Waals surface area contributed by atoms with Crippen LogP contribution in [-0.4, -0.2) is 37.6 Å². The van der Waals surface area contributed by atoms with E-state index in [0.29, 0.717) is 18.7 Å². The number of rotatable bonds is 1. The van der Waals surface area contributed by atoms with Gasteiger partial charge < -0.3 is 9.64 Å². The first-order valence-electron chi connectivity index (χ1n) is 8.74. The molecule has 2 aliphatic rings. The minimum absolute atomic E-state index is 0.0395. The van der Waals surface area contributed by atoms with Crippen molar-refractivity contribution in [1.82, 2.24) is 4.90 Å². The number of halogens is 2. The van der Waals surface area contributed by atoms with Gasteiger partial charge >= 0.3 is 0 Å². The van der Waals surface area contributed by atoms with Crippen LogP contribution in [0.3, 0.4) is 0 Å². The van der Waals surface area contributed by atoms with Crippen molar-refractivity contribution in [3.8, 4) is 0 Å². The summed E-state index contributed by atoms with van der Waals surface area (Å²) in [5, 5.41) is 0. The molecule has 2 heterocycles. The maximum atomic E-state index is 14.7. The van der Waals surface area contributed by atoms with E-state index < -0.39 is 5.72 Å². The molecule has 0 aromatic heterocycles. The van der Waals surface area contributed by atoms with Crippen LogP contribution in [0.25, 0.3) is 0 Å². The van der Waals surface area contributed by atoms with Crippen molar-refractivity contribution in [3.63, 3.8) is 0 Å². The summed E-state index contributed by atoms with van der Waals surface area (Å²) >= 11 is 3.49. The molecule has 6 heteroatoms. The zero-order valence-corrected chi connectivity index (χ0v) is 16.7. The van der Waals surface area contributed by atoms with Gasteiger partial charge in [-0.05, 0) is 24.3 Å². The number of hydrogen-bond acceptors (Lipinski definition) is 3. The number of fused-ring (bicyclic) bond motifs is 3. The molecule has 0 N–H and O–H groups in total. The lowest BCUT2D eigenvalue weighted by atomic mass is 9.91. The van der Waals surface area contributed by atoms with Crippen LogP contribution in [0, 0.1) is 5.82 Å². The van der Waals surface area contributed by atoms with E-state index in [1.165, 1.54) is 6.07 Å². The first-order chi connectivity index (χ1) is 12.5. The van der Waals surface area contributed by atoms with Crippen LogP contribution in [0.1, 0.15) is 25.0 Å². The van der Waals surface area contributed by atoms with Crippen molar-refractivity contribution in [2.75, 3.05) is 31.6 Å². The highest BCUT2D eigenvalue weighted by atomic mass is 79.9. The molecule has 2 aliphatic heterocycles. The predicted octanol–water partition coefficient (Wildman–Crippen LogP) is 4.12. The van der Waals surface area contributed by atoms with Crippen LogP contribution in [0.15, 0.2) is 46.9 Å². The van der Waals surface area contributed by atoms with Crippen LogP contribution in [0.2, 0.25) is 0 Å². The minimum Gasteiger partial charge on any atom is -0.350 e. The van der Waals surface area contributed by atoms with Crippen LogP contribution < -0.4 is 4.90 Å². The van der Waals surface area contributed by atoms with Crippen molar-refractivity contribution in [3.05, 3.63) is 63.9 Å². The van der Waals surface area contributed by atoms with E-state index in [1.807, 2.05) is 36.9 Å². The molecule has 2 aromatic carbocycles. The van der Waals surface area contributed by atoms with E-state index >= 15 is 0 Å². The predicted molar refractivity (Wildman–Crippen MR) is 104 cm³/mol. The normalized spacial score (nSPS) is 22.2. The average molecular weight is 421 g/mol. The summed E-state index contributed by atoms with van der Waals surface area (Å²) in [5.41, 5.74) is 0.846. The van der Waals surface area contributed by atoms with E-state index in [2.05, 4.69) is 15.9 Å². The smallest absolute Gasteiger partial charge is 0.241 e. The minimum atomic E-state index is -1.09. The van der Waals surface area contributed by atoms with Crippen molar-refractivity contribution >= 4 is 27.5 Å². The van der Waals surface area contributed by atoms with Gasteiger partial charge in [0.05, 0.1) is 18.8 Å². The van der Waals surface area contributed by atoms with E-state index in [1.54, 1.807) is 30.1 Å². The summed E-state index contributed by atoms with van der Waals surface area (Å²) in [7, 11) is 1.74. The van der Waals surface area contributed by atoms with Crippen LogP contribution in [0.4, 0.5) is 10.1 Å². The Morgan fingerprint density at radius 3 is 2.62 bits per heavy atom. The van der Waals surface area contributed by atoms with E-state index in [-0.39, 0.29) is 18.3 Å². The highest BCUT2D eigenvalue weighted by molar-refractivity contribution is 9.10. The molecule has 4 rings (SSSR count). The topological polar surface area (TPSA) is 32.8 Å². The van der Waals surface area contributed by atoms with Gasteiger partial charge in [0.2, 0.25) is 5.91 Å². The lowest BCUT2D eigenvalue weighted by Gasteiger charge is -2.36. The third kappa shape index (κ3) is 2.86. The number of anilines is 1. The zero-order chi connectivity index (χ0) is 18.9. The molecule has 138 valence electrons. The third-order valence-electron chi connectivity index (χ3n) is 4.74. The van der Waals surface area contributed by atoms with Crippen LogP contribution in [-0.2, 0) is 15.3 Å². The maximum Gasteiger partial charge on any atom is 0.241 e. The SMILES string of the molecule is CC.CN1C(=O)CN2CCOC2(c2ccccc2F)c2cc(Br)ccc21. The monoisotopic (exact) mass is 420 g/mol. The number of carbonyl (C=O) groups is 1. The van der Waals surface area contributed by atoms with E-state index in [0.717, 1.165) is 15.7 Å². The molecule has 0 saturated carbocycles. The Hall–Kier alpha value is -1.76. The number of likely N-dealkylation sites (N-methyl/N-ethyl adjacent to an activating group) is 1. The van der Waals surface area contributed by atoms with Crippen LogP contribution in [0.5, 0.6) is 0 Å². The van der Waals surface area contributed by atoms with E-state index in [9.17, 15) is 9.18 Å². The molecule has 1 saturated heterocycles. The highest BCUT2D eigenvalue weighted by Crippen LogP contribution is 2.47. The molecule has 2 aromatic rings. The molecule has 4 nitrogen and oxygen atoms in total. The number of benzene rings is 2. The maximum absolute atomic E-state index is 14.7. The molecule has 1 amide bonds. The number of hydrogen-bond donors (Lipinski definition) is 0. The molecule has 0 spiro atoms. The number of carbonyl (C=O) groups excluding carboxylic acids is 1. The van der Waals surface area contributed by atoms with Gasteiger partial charge in [-0.3, -0.25) is 9.69 Å². The first kappa shape index (κ1) is 19.0. The fraction of sp³-hybridized carbons (Fsp3) is 0.350. The summed E-state index contributed by atoms with van der Waals surface area (Å²) in [6.07, 6.45) is 0. The number of ether oxygens (including phenoxy) is 1. The van der Waals surface area contributed by atoms with Gasteiger partial charge in [-0.15, -0.1) is 0 Å². The summed E-state index contributed by atoms with van der Waals surface area (Å²) in [4.78, 5) is 16.1. The summed E-state index contributed by atoms with van der Waals surface area (Å²) in [6.45, 7) is 5.19.